The molecule has 1 aliphatic carbocycles. The van der Waals surface area contributed by atoms with Crippen molar-refractivity contribution in [2.75, 3.05) is 0 Å². The summed E-state index contributed by atoms with van der Waals surface area (Å²) in [6.45, 7) is 2.26. The van der Waals surface area contributed by atoms with Crippen LogP contribution in [0.25, 0.3) is 21.7 Å². The third kappa shape index (κ3) is 2.25. The Morgan fingerprint density at radius 1 is 1.41 bits per heavy atom. The number of pyridine rings is 1. The van der Waals surface area contributed by atoms with Crippen LogP contribution in [0, 0.1) is 5.92 Å². The number of hydrogen-bond acceptors (Lipinski definition) is 4. The Morgan fingerprint density at radius 3 is 3.05 bits per heavy atom. The molecule has 22 heavy (non-hydrogen) atoms. The predicted octanol–water partition coefficient (Wildman–Crippen LogP) is 3.82. The molecule has 0 saturated carbocycles. The van der Waals surface area contributed by atoms with E-state index in [4.69, 9.17) is 11.6 Å². The highest BCUT2D eigenvalue weighted by molar-refractivity contribution is 7.18. The Hall–Kier alpha value is -1.72. The number of nitrogens with zero attached hydrogens (tertiary/aromatic N) is 2. The lowest BCUT2D eigenvalue weighted by molar-refractivity contribution is 0.509. The number of hydrogen-bond donors (Lipinski definition) is 1. The van der Waals surface area contributed by atoms with Gasteiger partial charge in [0.05, 0.1) is 10.4 Å². The molecule has 0 radical (unpaired) electrons. The molecule has 4 nitrogen and oxygen atoms in total. The van der Waals surface area contributed by atoms with Gasteiger partial charge in [0, 0.05) is 11.1 Å². The summed E-state index contributed by atoms with van der Waals surface area (Å²) in [6, 6.07) is 3.51. The van der Waals surface area contributed by atoms with Gasteiger partial charge < -0.3 is 4.98 Å². The number of thiophene rings is 1. The first-order valence-electron chi connectivity index (χ1n) is 7.28. The maximum absolute atomic E-state index is 12.5. The number of fused-ring (bicyclic) bond motifs is 3. The average Bonchev–Trinajstić information content (AvgIpc) is 2.85. The number of aryl methyl sites for hydroxylation is 1. The van der Waals surface area contributed by atoms with E-state index in [0.717, 1.165) is 29.5 Å². The van der Waals surface area contributed by atoms with Gasteiger partial charge in [-0.2, -0.15) is 0 Å². The number of aromatic nitrogens is 3. The van der Waals surface area contributed by atoms with Crippen LogP contribution in [0.3, 0.4) is 0 Å². The fourth-order valence-electron chi connectivity index (χ4n) is 2.99. The molecule has 0 aromatic carbocycles. The molecule has 112 valence electrons. The summed E-state index contributed by atoms with van der Waals surface area (Å²) >= 11 is 7.50. The maximum Gasteiger partial charge on any atom is 0.260 e. The smallest absolute Gasteiger partial charge is 0.260 e. The molecule has 1 unspecified atom stereocenters. The fraction of sp³-hybridized carbons (Fsp3) is 0.312. The third-order valence-corrected chi connectivity index (χ3v) is 5.51. The molecule has 1 aliphatic rings. The van der Waals surface area contributed by atoms with E-state index >= 15 is 0 Å². The fourth-order valence-corrected chi connectivity index (χ4v) is 4.48. The molecule has 3 aromatic rings. The van der Waals surface area contributed by atoms with Crippen LogP contribution in [-0.2, 0) is 12.8 Å². The van der Waals surface area contributed by atoms with E-state index in [1.54, 1.807) is 29.7 Å². The largest absolute Gasteiger partial charge is 0.305 e. The van der Waals surface area contributed by atoms with Gasteiger partial charge in [-0.15, -0.1) is 11.3 Å². The molecule has 0 spiro atoms. The lowest BCUT2D eigenvalue weighted by atomic mass is 9.89. The van der Waals surface area contributed by atoms with Crippen LogP contribution in [0.1, 0.15) is 23.8 Å². The zero-order chi connectivity index (χ0) is 15.3. The summed E-state index contributed by atoms with van der Waals surface area (Å²) in [5, 5.41) is 1.33. The molecule has 6 heteroatoms. The van der Waals surface area contributed by atoms with Gasteiger partial charge in [0.25, 0.3) is 5.56 Å². The van der Waals surface area contributed by atoms with Crippen molar-refractivity contribution in [1.29, 1.82) is 0 Å². The van der Waals surface area contributed by atoms with Gasteiger partial charge in [0.2, 0.25) is 0 Å². The Balaban J connectivity index is 1.90. The third-order valence-electron chi connectivity index (χ3n) is 4.14. The van der Waals surface area contributed by atoms with Gasteiger partial charge in [-0.05, 0) is 42.9 Å². The number of aromatic amines is 1. The van der Waals surface area contributed by atoms with Crippen LogP contribution in [0.15, 0.2) is 23.1 Å². The Kier molecular flexibility index (Phi) is 3.27. The van der Waals surface area contributed by atoms with Crippen LogP contribution in [0.2, 0.25) is 5.02 Å². The molecule has 0 aliphatic heterocycles. The highest BCUT2D eigenvalue weighted by Crippen LogP contribution is 2.36. The molecule has 3 aromatic heterocycles. The number of H-pyrrole nitrogens is 1. The summed E-state index contributed by atoms with van der Waals surface area (Å²) in [5.41, 5.74) is 1.76. The normalized spacial score (nSPS) is 17.6. The van der Waals surface area contributed by atoms with E-state index in [-0.39, 0.29) is 5.56 Å². The Labute approximate surface area is 136 Å². The molecule has 1 atom stereocenters. The summed E-state index contributed by atoms with van der Waals surface area (Å²) in [4.78, 5) is 26.4. The van der Waals surface area contributed by atoms with Gasteiger partial charge in [0.1, 0.15) is 10.5 Å². The highest BCUT2D eigenvalue weighted by Gasteiger charge is 2.23. The van der Waals surface area contributed by atoms with Crippen LogP contribution in [-0.4, -0.2) is 15.0 Å². The SMILES string of the molecule is CC1CCc2c(sc3nc(-c4ccc(Cl)cn4)[nH]c(=O)c23)C1. The standard InChI is InChI=1S/C16H14ClN3OS/c1-8-2-4-10-12(6-8)22-16-13(10)15(21)19-14(20-16)11-5-3-9(17)7-18-11/h3,5,7-8H,2,4,6H2,1H3,(H,19,20,21). The van der Waals surface area contributed by atoms with Gasteiger partial charge in [-0.1, -0.05) is 18.5 Å². The highest BCUT2D eigenvalue weighted by atomic mass is 35.5. The summed E-state index contributed by atoms with van der Waals surface area (Å²) in [5.74, 6) is 1.18. The van der Waals surface area contributed by atoms with Crippen molar-refractivity contribution in [3.63, 3.8) is 0 Å². The molecular formula is C16H14ClN3OS. The van der Waals surface area contributed by atoms with E-state index in [2.05, 4.69) is 21.9 Å². The van der Waals surface area contributed by atoms with Crippen LogP contribution >= 0.6 is 22.9 Å². The minimum atomic E-state index is -0.0659. The maximum atomic E-state index is 12.5. The second-order valence-corrected chi connectivity index (χ2v) is 7.33. The van der Waals surface area contributed by atoms with E-state index in [1.165, 1.54) is 10.4 Å². The average molecular weight is 332 g/mol. The number of halogens is 1. The predicted molar refractivity (Wildman–Crippen MR) is 89.7 cm³/mol. The Morgan fingerprint density at radius 2 is 2.27 bits per heavy atom. The second-order valence-electron chi connectivity index (χ2n) is 5.81. The first kappa shape index (κ1) is 13.9. The van der Waals surface area contributed by atoms with Crippen LogP contribution in [0.5, 0.6) is 0 Å². The van der Waals surface area contributed by atoms with E-state index < -0.39 is 0 Å². The lowest BCUT2D eigenvalue weighted by Gasteiger charge is -2.17. The molecule has 1 N–H and O–H groups in total. The molecular weight excluding hydrogens is 318 g/mol. The minimum Gasteiger partial charge on any atom is -0.305 e. The van der Waals surface area contributed by atoms with Crippen molar-refractivity contribution in [1.82, 2.24) is 15.0 Å². The summed E-state index contributed by atoms with van der Waals surface area (Å²) < 4.78 is 0. The zero-order valence-corrected chi connectivity index (χ0v) is 13.6. The minimum absolute atomic E-state index is 0.0659. The van der Waals surface area contributed by atoms with Gasteiger partial charge in [-0.3, -0.25) is 9.78 Å². The molecule has 0 fully saturated rings. The quantitative estimate of drug-likeness (QED) is 0.737. The van der Waals surface area contributed by atoms with E-state index in [0.29, 0.717) is 22.5 Å². The van der Waals surface area contributed by atoms with Crippen molar-refractivity contribution in [3.05, 3.63) is 44.1 Å². The molecule has 0 amide bonds. The van der Waals surface area contributed by atoms with Crippen molar-refractivity contribution in [2.45, 2.75) is 26.2 Å². The van der Waals surface area contributed by atoms with Crippen molar-refractivity contribution < 1.29 is 0 Å². The zero-order valence-electron chi connectivity index (χ0n) is 12.0. The van der Waals surface area contributed by atoms with Crippen molar-refractivity contribution in [2.24, 2.45) is 5.92 Å². The van der Waals surface area contributed by atoms with Crippen LogP contribution in [0.4, 0.5) is 0 Å². The second kappa shape index (κ2) is 5.18. The molecule has 0 saturated heterocycles. The summed E-state index contributed by atoms with van der Waals surface area (Å²) in [6.07, 6.45) is 4.71. The monoisotopic (exact) mass is 331 g/mol. The first-order chi connectivity index (χ1) is 10.6. The topological polar surface area (TPSA) is 58.6 Å². The number of rotatable bonds is 1. The lowest BCUT2D eigenvalue weighted by Crippen LogP contribution is -2.13. The van der Waals surface area contributed by atoms with Gasteiger partial charge >= 0.3 is 0 Å². The molecule has 0 bridgehead atoms. The van der Waals surface area contributed by atoms with Gasteiger partial charge in [0.15, 0.2) is 5.82 Å². The van der Waals surface area contributed by atoms with Crippen molar-refractivity contribution >= 4 is 33.2 Å². The molecule has 4 rings (SSSR count). The number of nitrogens with one attached hydrogen (secondary N) is 1. The van der Waals surface area contributed by atoms with Crippen molar-refractivity contribution in [3.8, 4) is 11.5 Å². The van der Waals surface area contributed by atoms with E-state index in [9.17, 15) is 4.79 Å². The molecule has 3 heterocycles. The van der Waals surface area contributed by atoms with E-state index in [1.807, 2.05) is 0 Å². The van der Waals surface area contributed by atoms with Gasteiger partial charge in [-0.25, -0.2) is 4.98 Å². The first-order valence-corrected chi connectivity index (χ1v) is 8.48. The Bertz CT molecular complexity index is 914. The summed E-state index contributed by atoms with van der Waals surface area (Å²) in [7, 11) is 0. The van der Waals surface area contributed by atoms with Crippen LogP contribution < -0.4 is 5.56 Å².